The Kier molecular flexibility index (Phi) is 41.2. The van der Waals surface area contributed by atoms with Crippen LogP contribution in [-0.2, 0) is 28.6 Å². The minimum Gasteiger partial charge on any atom is -0.462 e. The maximum absolute atomic E-state index is 12.7. The third-order valence-corrected chi connectivity index (χ3v) is 8.83. The molecule has 1 unspecified atom stereocenters. The van der Waals surface area contributed by atoms with E-state index in [1.54, 1.807) is 0 Å². The lowest BCUT2D eigenvalue weighted by atomic mass is 10.1. The van der Waals surface area contributed by atoms with Gasteiger partial charge in [0.1, 0.15) is 13.2 Å². The van der Waals surface area contributed by atoms with Gasteiger partial charge < -0.3 is 14.2 Å². The molecule has 6 heteroatoms. The van der Waals surface area contributed by atoms with Crippen molar-refractivity contribution in [3.63, 3.8) is 0 Å². The lowest BCUT2D eigenvalue weighted by Crippen LogP contribution is -2.30. The Morgan fingerprint density at radius 1 is 0.393 bits per heavy atom. The van der Waals surface area contributed by atoms with Gasteiger partial charge in [0.05, 0.1) is 0 Å². The second-order valence-corrected chi connectivity index (χ2v) is 14.2. The van der Waals surface area contributed by atoms with Crippen molar-refractivity contribution < 1.29 is 28.6 Å². The van der Waals surface area contributed by atoms with Crippen LogP contribution in [0.4, 0.5) is 0 Å². The predicted octanol–water partition coefficient (Wildman–Crippen LogP) is 14.2. The number of carbonyl (C=O) groups excluding carboxylic acids is 3. The third kappa shape index (κ3) is 41.5. The number of ether oxygens (including phenoxy) is 3. The molecule has 0 N–H and O–H groups in total. The molecule has 0 aliphatic heterocycles. The van der Waals surface area contributed by atoms with Gasteiger partial charge in [0.25, 0.3) is 0 Å². The van der Waals surface area contributed by atoms with Crippen LogP contribution in [0, 0.1) is 0 Å². The summed E-state index contributed by atoms with van der Waals surface area (Å²) in [5.74, 6) is -1.04. The van der Waals surface area contributed by atoms with Crippen molar-refractivity contribution >= 4 is 17.9 Å². The van der Waals surface area contributed by atoms with Gasteiger partial charge >= 0.3 is 17.9 Å². The van der Waals surface area contributed by atoms with E-state index in [-0.39, 0.29) is 44.0 Å². The van der Waals surface area contributed by atoms with Gasteiger partial charge in [0, 0.05) is 19.3 Å². The van der Waals surface area contributed by atoms with Crippen molar-refractivity contribution in [1.82, 2.24) is 0 Å². The molecule has 0 aromatic rings. The number of hydrogen-bond donors (Lipinski definition) is 0. The average molecular weight is 777 g/mol. The summed E-state index contributed by atoms with van der Waals surface area (Å²) in [5.41, 5.74) is 0. The van der Waals surface area contributed by atoms with Crippen molar-refractivity contribution in [1.29, 1.82) is 0 Å². The summed E-state index contributed by atoms with van der Waals surface area (Å²) in [6, 6.07) is 0. The summed E-state index contributed by atoms with van der Waals surface area (Å²) in [4.78, 5) is 37.7. The monoisotopic (exact) mass is 777 g/mol. The van der Waals surface area contributed by atoms with E-state index in [1.165, 1.54) is 38.5 Å². The summed E-state index contributed by atoms with van der Waals surface area (Å²) in [5, 5.41) is 0. The van der Waals surface area contributed by atoms with Gasteiger partial charge in [0.15, 0.2) is 6.10 Å². The molecule has 0 saturated carbocycles. The van der Waals surface area contributed by atoms with E-state index < -0.39 is 6.10 Å². The number of unbranched alkanes of at least 4 members (excludes halogenated alkanes) is 12. The first kappa shape index (κ1) is 52.3. The first-order valence-electron chi connectivity index (χ1n) is 22.3. The topological polar surface area (TPSA) is 78.9 Å². The normalized spacial score (nSPS) is 13.0. The Bertz CT molecular complexity index is 1170. The first-order valence-corrected chi connectivity index (χ1v) is 22.3. The zero-order valence-electron chi connectivity index (χ0n) is 35.9. The zero-order chi connectivity index (χ0) is 40.8. The highest BCUT2D eigenvalue weighted by atomic mass is 16.6. The molecular formula is C50H80O6. The Labute approximate surface area is 343 Å². The number of carbonyl (C=O) groups is 3. The summed E-state index contributed by atoms with van der Waals surface area (Å²) < 4.78 is 16.6. The number of rotatable bonds is 38. The van der Waals surface area contributed by atoms with Gasteiger partial charge in [-0.25, -0.2) is 0 Å². The molecule has 0 rings (SSSR count). The molecule has 0 bridgehead atoms. The molecule has 1 atom stereocenters. The molecule has 316 valence electrons. The fourth-order valence-corrected chi connectivity index (χ4v) is 5.53. The van der Waals surface area contributed by atoms with E-state index >= 15 is 0 Å². The van der Waals surface area contributed by atoms with Crippen LogP contribution in [-0.4, -0.2) is 37.2 Å². The second-order valence-electron chi connectivity index (χ2n) is 14.2. The largest absolute Gasteiger partial charge is 0.462 e. The highest BCUT2D eigenvalue weighted by Gasteiger charge is 2.19. The van der Waals surface area contributed by atoms with E-state index in [9.17, 15) is 14.4 Å². The number of hydrogen-bond acceptors (Lipinski definition) is 6. The Balaban J connectivity index is 4.52. The van der Waals surface area contributed by atoms with Gasteiger partial charge in [-0.1, -0.05) is 157 Å². The maximum atomic E-state index is 12.7. The van der Waals surface area contributed by atoms with Gasteiger partial charge in [-0.15, -0.1) is 0 Å². The van der Waals surface area contributed by atoms with Crippen LogP contribution < -0.4 is 0 Å². The Hall–Kier alpha value is -3.67. The zero-order valence-corrected chi connectivity index (χ0v) is 35.9. The maximum Gasteiger partial charge on any atom is 0.306 e. The molecule has 0 aromatic carbocycles. The van der Waals surface area contributed by atoms with Gasteiger partial charge in [-0.3, -0.25) is 14.4 Å². The first-order chi connectivity index (χ1) is 27.5. The smallest absolute Gasteiger partial charge is 0.306 e. The van der Waals surface area contributed by atoms with Crippen LogP contribution in [0.2, 0.25) is 0 Å². The second kappa shape index (κ2) is 44.0. The molecule has 0 spiro atoms. The van der Waals surface area contributed by atoms with Crippen molar-refractivity contribution in [2.24, 2.45) is 0 Å². The quantitative estimate of drug-likeness (QED) is 0.0204. The van der Waals surface area contributed by atoms with Crippen molar-refractivity contribution in [3.8, 4) is 0 Å². The number of allylic oxidation sites excluding steroid dienone is 16. The minimum atomic E-state index is -0.821. The Morgan fingerprint density at radius 2 is 0.768 bits per heavy atom. The summed E-state index contributed by atoms with van der Waals surface area (Å²) in [6.45, 7) is 6.24. The fraction of sp³-hybridized carbons (Fsp3) is 0.620. The van der Waals surface area contributed by atoms with Crippen LogP contribution in [0.15, 0.2) is 97.2 Å². The fourth-order valence-electron chi connectivity index (χ4n) is 5.53. The SMILES string of the molecule is CC/C=C\C/C=C\C/C=C\CCCCC(=O)OC(COC(=O)CCC/C=C\C/C=C\C/C=C\CC)COC(=O)CCCCCCCC/C=C\C=C/CCCCC. The molecule has 0 fully saturated rings. The van der Waals surface area contributed by atoms with E-state index in [2.05, 4.69) is 118 Å². The van der Waals surface area contributed by atoms with Crippen molar-refractivity contribution in [3.05, 3.63) is 97.2 Å². The molecule has 0 aromatic heterocycles. The molecule has 0 saturated heterocycles. The molecule has 56 heavy (non-hydrogen) atoms. The Morgan fingerprint density at radius 3 is 1.30 bits per heavy atom. The highest BCUT2D eigenvalue weighted by Crippen LogP contribution is 2.11. The van der Waals surface area contributed by atoms with E-state index in [1.807, 2.05) is 0 Å². The van der Waals surface area contributed by atoms with Crippen LogP contribution >= 0.6 is 0 Å². The van der Waals surface area contributed by atoms with Crippen molar-refractivity contribution in [2.75, 3.05) is 13.2 Å². The summed E-state index contributed by atoms with van der Waals surface area (Å²) in [7, 11) is 0. The molecule has 6 nitrogen and oxygen atoms in total. The molecule has 0 amide bonds. The standard InChI is InChI=1S/C50H80O6/c1-4-7-10-13-16-19-22-24-25-26-29-31-34-37-40-43-49(52)55-46-47(45-54-48(51)42-39-36-33-30-27-21-18-15-12-9-6-3)56-50(53)44-41-38-35-32-28-23-20-17-14-11-8-5-2/h8-9,11-12,16-22,24,28,30,32-33,47H,4-7,10,13-15,23,25-27,29,31,34-46H2,1-3H3/b11-8-,12-9-,19-16-,20-17-,21-18-,24-22-,32-28-,33-30-. The van der Waals surface area contributed by atoms with Crippen molar-refractivity contribution in [2.45, 2.75) is 187 Å². The molecule has 0 heterocycles. The molecule has 0 radical (unpaired) electrons. The van der Waals surface area contributed by atoms with Gasteiger partial charge in [-0.05, 0) is 103 Å². The van der Waals surface area contributed by atoms with Crippen LogP contribution in [0.25, 0.3) is 0 Å². The summed E-state index contributed by atoms with van der Waals surface area (Å²) >= 11 is 0. The molecular weight excluding hydrogens is 697 g/mol. The lowest BCUT2D eigenvalue weighted by Gasteiger charge is -2.18. The third-order valence-electron chi connectivity index (χ3n) is 8.83. The van der Waals surface area contributed by atoms with Crippen LogP contribution in [0.1, 0.15) is 181 Å². The average Bonchev–Trinajstić information content (AvgIpc) is 3.19. The van der Waals surface area contributed by atoms with Gasteiger partial charge in [-0.2, -0.15) is 0 Å². The van der Waals surface area contributed by atoms with E-state index in [0.717, 1.165) is 89.9 Å². The predicted molar refractivity (Wildman–Crippen MR) is 237 cm³/mol. The summed E-state index contributed by atoms with van der Waals surface area (Å²) in [6.07, 6.45) is 56.9. The van der Waals surface area contributed by atoms with Crippen LogP contribution in [0.3, 0.4) is 0 Å². The van der Waals surface area contributed by atoms with Crippen LogP contribution in [0.5, 0.6) is 0 Å². The lowest BCUT2D eigenvalue weighted by molar-refractivity contribution is -0.167. The van der Waals surface area contributed by atoms with E-state index in [0.29, 0.717) is 19.3 Å². The van der Waals surface area contributed by atoms with Gasteiger partial charge in [0.2, 0.25) is 0 Å². The van der Waals surface area contributed by atoms with E-state index in [4.69, 9.17) is 14.2 Å². The number of esters is 3. The minimum absolute atomic E-state index is 0.117. The highest BCUT2D eigenvalue weighted by molar-refractivity contribution is 5.71. The molecule has 0 aliphatic rings. The molecule has 0 aliphatic carbocycles.